The van der Waals surface area contributed by atoms with Gasteiger partial charge in [0, 0.05) is 13.5 Å². The molecule has 0 N–H and O–H groups in total. The maximum absolute atomic E-state index is 11.3. The summed E-state index contributed by atoms with van der Waals surface area (Å²) in [6.07, 6.45) is 1.72. The second-order valence-electron chi connectivity index (χ2n) is 3.92. The molecule has 0 aromatic heterocycles. The van der Waals surface area contributed by atoms with E-state index in [1.54, 1.807) is 17.9 Å². The Kier molecular flexibility index (Phi) is 5.27. The topological polar surface area (TPSA) is 29.5 Å². The van der Waals surface area contributed by atoms with E-state index in [-0.39, 0.29) is 5.91 Å². The second kappa shape index (κ2) is 6.74. The van der Waals surface area contributed by atoms with Crippen LogP contribution in [0.3, 0.4) is 0 Å². The molecule has 3 nitrogen and oxygen atoms in total. The number of aryl methyl sites for hydroxylation is 1. The number of ether oxygens (including phenoxy) is 1. The Hall–Kier alpha value is -1.77. The summed E-state index contributed by atoms with van der Waals surface area (Å²) >= 11 is 0. The molecule has 17 heavy (non-hydrogen) atoms. The largest absolute Gasteiger partial charge is 0.492 e. The maximum atomic E-state index is 11.3. The fourth-order valence-corrected chi connectivity index (χ4v) is 1.51. The summed E-state index contributed by atoms with van der Waals surface area (Å²) in [4.78, 5) is 13.0. The monoisotopic (exact) mass is 233 g/mol. The van der Waals surface area contributed by atoms with E-state index in [0.717, 1.165) is 11.3 Å². The van der Waals surface area contributed by atoms with Crippen molar-refractivity contribution in [1.29, 1.82) is 0 Å². The Balaban J connectivity index is 2.40. The van der Waals surface area contributed by atoms with Crippen molar-refractivity contribution in [3.05, 3.63) is 42.5 Å². The molecule has 92 valence electrons. The first-order valence-electron chi connectivity index (χ1n) is 5.69. The van der Waals surface area contributed by atoms with Crippen LogP contribution < -0.4 is 4.74 Å². The molecule has 1 amide bonds. The van der Waals surface area contributed by atoms with Gasteiger partial charge in [0.05, 0.1) is 6.54 Å². The van der Waals surface area contributed by atoms with E-state index in [9.17, 15) is 4.79 Å². The first kappa shape index (κ1) is 13.3. The van der Waals surface area contributed by atoms with Crippen molar-refractivity contribution in [3.63, 3.8) is 0 Å². The molecule has 0 saturated carbocycles. The van der Waals surface area contributed by atoms with Crippen LogP contribution in [-0.2, 0) is 4.79 Å². The van der Waals surface area contributed by atoms with Crippen LogP contribution in [0.4, 0.5) is 0 Å². The Morgan fingerprint density at radius 2 is 2.29 bits per heavy atom. The van der Waals surface area contributed by atoms with Gasteiger partial charge in [0.15, 0.2) is 0 Å². The van der Waals surface area contributed by atoms with Gasteiger partial charge in [-0.2, -0.15) is 0 Å². The molecule has 0 aliphatic heterocycles. The summed E-state index contributed by atoms with van der Waals surface area (Å²) in [5.74, 6) is 0.879. The number of hydrogen-bond donors (Lipinski definition) is 0. The fraction of sp³-hybridized carbons (Fsp3) is 0.357. The Bertz CT molecular complexity index is 388. The van der Waals surface area contributed by atoms with Gasteiger partial charge < -0.3 is 9.64 Å². The van der Waals surface area contributed by atoms with E-state index < -0.39 is 0 Å². The molecule has 0 aliphatic rings. The first-order valence-corrected chi connectivity index (χ1v) is 5.69. The summed E-state index contributed by atoms with van der Waals surface area (Å²) in [6, 6.07) is 7.87. The zero-order valence-corrected chi connectivity index (χ0v) is 10.5. The van der Waals surface area contributed by atoms with Crippen LogP contribution in [0.1, 0.15) is 12.5 Å². The summed E-state index contributed by atoms with van der Waals surface area (Å²) in [7, 11) is 0. The van der Waals surface area contributed by atoms with Crippen LogP contribution in [0.2, 0.25) is 0 Å². The van der Waals surface area contributed by atoms with Gasteiger partial charge in [0.2, 0.25) is 5.91 Å². The molecule has 3 heteroatoms. The minimum atomic E-state index is 0.0396. The lowest BCUT2D eigenvalue weighted by Crippen LogP contribution is -2.32. The van der Waals surface area contributed by atoms with Gasteiger partial charge in [0.25, 0.3) is 0 Å². The summed E-state index contributed by atoms with van der Waals surface area (Å²) in [5.41, 5.74) is 1.16. The van der Waals surface area contributed by atoms with Crippen molar-refractivity contribution in [2.45, 2.75) is 13.8 Å². The number of carbonyl (C=O) groups is 1. The van der Waals surface area contributed by atoms with Gasteiger partial charge in [-0.1, -0.05) is 18.2 Å². The van der Waals surface area contributed by atoms with Crippen molar-refractivity contribution in [2.24, 2.45) is 0 Å². The lowest BCUT2D eigenvalue weighted by atomic mass is 10.2. The molecular formula is C14H19NO2. The van der Waals surface area contributed by atoms with Crippen molar-refractivity contribution in [3.8, 4) is 5.75 Å². The van der Waals surface area contributed by atoms with Crippen molar-refractivity contribution in [1.82, 2.24) is 4.90 Å². The Morgan fingerprint density at radius 1 is 1.53 bits per heavy atom. The smallest absolute Gasteiger partial charge is 0.219 e. The Morgan fingerprint density at radius 3 is 2.88 bits per heavy atom. The highest BCUT2D eigenvalue weighted by atomic mass is 16.5. The third-order valence-electron chi connectivity index (χ3n) is 2.41. The van der Waals surface area contributed by atoms with E-state index in [2.05, 4.69) is 6.58 Å². The standard InChI is InChI=1S/C14H19NO2/c1-4-8-15(13(3)16)9-10-17-14-7-5-6-12(2)11-14/h4-7,11H,1,8-10H2,2-3H3. The molecule has 0 fully saturated rings. The Labute approximate surface area is 103 Å². The van der Waals surface area contributed by atoms with Crippen molar-refractivity contribution >= 4 is 5.91 Å². The third-order valence-corrected chi connectivity index (χ3v) is 2.41. The normalized spacial score (nSPS) is 9.76. The lowest BCUT2D eigenvalue weighted by molar-refractivity contribution is -0.128. The van der Waals surface area contributed by atoms with Crippen LogP contribution in [0.25, 0.3) is 0 Å². The zero-order chi connectivity index (χ0) is 12.7. The molecule has 0 spiro atoms. The number of benzene rings is 1. The van der Waals surface area contributed by atoms with E-state index in [1.165, 1.54) is 0 Å². The van der Waals surface area contributed by atoms with Crippen LogP contribution >= 0.6 is 0 Å². The molecule has 0 saturated heterocycles. The zero-order valence-electron chi connectivity index (χ0n) is 10.5. The maximum Gasteiger partial charge on any atom is 0.219 e. The quantitative estimate of drug-likeness (QED) is 0.706. The average Bonchev–Trinajstić information content (AvgIpc) is 2.28. The van der Waals surface area contributed by atoms with E-state index >= 15 is 0 Å². The third kappa shape index (κ3) is 4.72. The predicted molar refractivity (Wildman–Crippen MR) is 69.1 cm³/mol. The molecule has 0 aliphatic carbocycles. The summed E-state index contributed by atoms with van der Waals surface area (Å²) in [6.45, 7) is 8.84. The van der Waals surface area contributed by atoms with E-state index in [0.29, 0.717) is 19.7 Å². The highest BCUT2D eigenvalue weighted by molar-refractivity contribution is 5.73. The van der Waals surface area contributed by atoms with Crippen molar-refractivity contribution in [2.75, 3.05) is 19.7 Å². The molecule has 0 atom stereocenters. The molecular weight excluding hydrogens is 214 g/mol. The van der Waals surface area contributed by atoms with E-state index in [1.807, 2.05) is 31.2 Å². The molecule has 1 aromatic rings. The van der Waals surface area contributed by atoms with Crippen LogP contribution in [0.5, 0.6) is 5.75 Å². The predicted octanol–water partition coefficient (Wildman–Crippen LogP) is 2.41. The number of rotatable bonds is 6. The minimum absolute atomic E-state index is 0.0396. The lowest BCUT2D eigenvalue weighted by Gasteiger charge is -2.19. The van der Waals surface area contributed by atoms with Gasteiger partial charge in [-0.05, 0) is 24.6 Å². The molecule has 0 unspecified atom stereocenters. The van der Waals surface area contributed by atoms with Gasteiger partial charge in [0.1, 0.15) is 12.4 Å². The summed E-state index contributed by atoms with van der Waals surface area (Å²) < 4.78 is 5.59. The molecule has 1 rings (SSSR count). The molecule has 1 aromatic carbocycles. The highest BCUT2D eigenvalue weighted by Gasteiger charge is 2.06. The molecule has 0 heterocycles. The van der Waals surface area contributed by atoms with E-state index in [4.69, 9.17) is 4.74 Å². The van der Waals surface area contributed by atoms with Gasteiger partial charge in [-0.15, -0.1) is 6.58 Å². The number of amides is 1. The minimum Gasteiger partial charge on any atom is -0.492 e. The van der Waals surface area contributed by atoms with Gasteiger partial charge >= 0.3 is 0 Å². The molecule has 0 bridgehead atoms. The average molecular weight is 233 g/mol. The van der Waals surface area contributed by atoms with Crippen LogP contribution in [0, 0.1) is 6.92 Å². The first-order chi connectivity index (χ1) is 8.13. The van der Waals surface area contributed by atoms with Crippen molar-refractivity contribution < 1.29 is 9.53 Å². The SMILES string of the molecule is C=CCN(CCOc1cccc(C)c1)C(C)=O. The highest BCUT2D eigenvalue weighted by Crippen LogP contribution is 2.12. The molecule has 0 radical (unpaired) electrons. The number of hydrogen-bond acceptors (Lipinski definition) is 2. The van der Waals surface area contributed by atoms with Gasteiger partial charge in [-0.3, -0.25) is 4.79 Å². The second-order valence-corrected chi connectivity index (χ2v) is 3.92. The van der Waals surface area contributed by atoms with Crippen LogP contribution in [-0.4, -0.2) is 30.5 Å². The van der Waals surface area contributed by atoms with Gasteiger partial charge in [-0.25, -0.2) is 0 Å². The number of nitrogens with zero attached hydrogens (tertiary/aromatic N) is 1. The fourth-order valence-electron chi connectivity index (χ4n) is 1.51. The van der Waals surface area contributed by atoms with Crippen LogP contribution in [0.15, 0.2) is 36.9 Å². The summed E-state index contributed by atoms with van der Waals surface area (Å²) in [5, 5.41) is 0. The number of carbonyl (C=O) groups excluding carboxylic acids is 1.